The first-order chi connectivity index (χ1) is 14.5. The molecule has 1 amide bonds. The number of aromatic nitrogens is 3. The van der Waals surface area contributed by atoms with Crippen LogP contribution in [0.4, 0.5) is 5.69 Å². The van der Waals surface area contributed by atoms with Crippen molar-refractivity contribution in [1.82, 2.24) is 14.9 Å². The smallest absolute Gasteiger partial charge is 0.297 e. The Morgan fingerprint density at radius 1 is 1.23 bits per heavy atom. The number of carbonyl (C=O) groups is 1. The second-order valence-corrected chi connectivity index (χ2v) is 7.00. The molecular formula is C21H17ClN4O4. The zero-order valence-electron chi connectivity index (χ0n) is 16.2. The second kappa shape index (κ2) is 8.00. The molecule has 0 aliphatic carbocycles. The second-order valence-electron chi connectivity index (χ2n) is 6.56. The highest BCUT2D eigenvalue weighted by Crippen LogP contribution is 2.29. The van der Waals surface area contributed by atoms with Gasteiger partial charge < -0.3 is 14.6 Å². The van der Waals surface area contributed by atoms with Crippen LogP contribution in [0.1, 0.15) is 5.76 Å². The molecule has 30 heavy (non-hydrogen) atoms. The van der Waals surface area contributed by atoms with Crippen molar-refractivity contribution in [2.75, 3.05) is 12.4 Å². The first-order valence-electron chi connectivity index (χ1n) is 9.03. The highest BCUT2D eigenvalue weighted by atomic mass is 35.5. The molecule has 9 heteroatoms. The van der Waals surface area contributed by atoms with E-state index in [1.54, 1.807) is 50.4 Å². The Labute approximate surface area is 176 Å². The molecule has 1 N–H and O–H groups in total. The van der Waals surface area contributed by atoms with Gasteiger partial charge in [0.05, 0.1) is 12.5 Å². The SMILES string of the molecule is COc1cccc(-c2nn(CC(=O)Nc3ccc(Cl)cc3)c(=O)c3noc(C)c23)c1. The molecule has 0 aliphatic rings. The zero-order valence-corrected chi connectivity index (χ0v) is 16.9. The fourth-order valence-electron chi connectivity index (χ4n) is 3.08. The molecule has 152 valence electrons. The van der Waals surface area contributed by atoms with Crippen LogP contribution in [0.15, 0.2) is 57.8 Å². The molecule has 0 fully saturated rings. The van der Waals surface area contributed by atoms with E-state index in [-0.39, 0.29) is 12.1 Å². The molecule has 0 unspecified atom stereocenters. The molecule has 2 aromatic heterocycles. The lowest BCUT2D eigenvalue weighted by molar-refractivity contribution is -0.117. The molecule has 2 heterocycles. The number of rotatable bonds is 5. The van der Waals surface area contributed by atoms with E-state index in [1.165, 1.54) is 0 Å². The maximum atomic E-state index is 12.8. The van der Waals surface area contributed by atoms with Crippen molar-refractivity contribution in [2.24, 2.45) is 0 Å². The number of fused-ring (bicyclic) bond motifs is 1. The van der Waals surface area contributed by atoms with Crippen molar-refractivity contribution in [1.29, 1.82) is 0 Å². The van der Waals surface area contributed by atoms with Gasteiger partial charge in [-0.3, -0.25) is 9.59 Å². The third-order valence-corrected chi connectivity index (χ3v) is 4.77. The minimum absolute atomic E-state index is 0.111. The van der Waals surface area contributed by atoms with Gasteiger partial charge in [0.2, 0.25) is 5.91 Å². The minimum Gasteiger partial charge on any atom is -0.497 e. The monoisotopic (exact) mass is 424 g/mol. The minimum atomic E-state index is -0.514. The van der Waals surface area contributed by atoms with E-state index in [0.29, 0.717) is 38.9 Å². The standard InChI is InChI=1S/C21H17ClN4O4/c1-12-18-19(13-4-3-5-16(10-13)29-2)24-26(21(28)20(18)25-30-12)11-17(27)23-15-8-6-14(22)7-9-15/h3-10H,11H2,1-2H3,(H,23,27). The van der Waals surface area contributed by atoms with Crippen LogP contribution in [0, 0.1) is 6.92 Å². The molecule has 0 saturated carbocycles. The molecule has 0 radical (unpaired) electrons. The molecule has 2 aromatic carbocycles. The predicted octanol–water partition coefficient (Wildman–Crippen LogP) is 3.66. The van der Waals surface area contributed by atoms with Gasteiger partial charge in [0, 0.05) is 16.3 Å². The summed E-state index contributed by atoms with van der Waals surface area (Å²) < 4.78 is 11.6. The average Bonchev–Trinajstić information content (AvgIpc) is 3.14. The highest BCUT2D eigenvalue weighted by Gasteiger charge is 2.20. The van der Waals surface area contributed by atoms with E-state index in [0.717, 1.165) is 4.68 Å². The van der Waals surface area contributed by atoms with Crippen LogP contribution in [0.2, 0.25) is 5.02 Å². The average molecular weight is 425 g/mol. The topological polar surface area (TPSA) is 99.2 Å². The Kier molecular flexibility index (Phi) is 5.24. The fourth-order valence-corrected chi connectivity index (χ4v) is 3.21. The van der Waals surface area contributed by atoms with Crippen LogP contribution < -0.4 is 15.6 Å². The molecule has 0 aliphatic heterocycles. The van der Waals surface area contributed by atoms with E-state index in [9.17, 15) is 9.59 Å². The summed E-state index contributed by atoms with van der Waals surface area (Å²) in [5.74, 6) is 0.683. The lowest BCUT2D eigenvalue weighted by Crippen LogP contribution is -2.30. The number of hydrogen-bond acceptors (Lipinski definition) is 6. The number of aryl methyl sites for hydroxylation is 1. The van der Waals surface area contributed by atoms with E-state index < -0.39 is 11.5 Å². The Hall–Kier alpha value is -3.65. The Morgan fingerprint density at radius 3 is 2.73 bits per heavy atom. The quantitative estimate of drug-likeness (QED) is 0.525. The Morgan fingerprint density at radius 2 is 2.00 bits per heavy atom. The molecular weight excluding hydrogens is 408 g/mol. The number of methoxy groups -OCH3 is 1. The predicted molar refractivity (Wildman–Crippen MR) is 113 cm³/mol. The molecule has 4 rings (SSSR count). The van der Waals surface area contributed by atoms with Crippen LogP contribution in [0.25, 0.3) is 22.2 Å². The van der Waals surface area contributed by atoms with Crippen molar-refractivity contribution >= 4 is 34.1 Å². The number of anilines is 1. The van der Waals surface area contributed by atoms with E-state index in [2.05, 4.69) is 15.6 Å². The van der Waals surface area contributed by atoms with Gasteiger partial charge in [-0.15, -0.1) is 0 Å². The number of halogens is 1. The van der Waals surface area contributed by atoms with E-state index in [1.807, 2.05) is 12.1 Å². The molecule has 4 aromatic rings. The number of nitrogens with one attached hydrogen (secondary N) is 1. The number of carbonyl (C=O) groups excluding carboxylic acids is 1. The van der Waals surface area contributed by atoms with Crippen LogP contribution in [0.5, 0.6) is 5.75 Å². The number of nitrogens with zero attached hydrogens (tertiary/aromatic N) is 3. The van der Waals surface area contributed by atoms with Gasteiger partial charge in [-0.05, 0) is 43.3 Å². The Bertz CT molecular complexity index is 1290. The van der Waals surface area contributed by atoms with Crippen LogP contribution in [-0.2, 0) is 11.3 Å². The summed E-state index contributed by atoms with van der Waals surface area (Å²) in [6, 6.07) is 13.9. The largest absolute Gasteiger partial charge is 0.497 e. The molecule has 0 spiro atoms. The summed E-state index contributed by atoms with van der Waals surface area (Å²) in [7, 11) is 1.56. The normalized spacial score (nSPS) is 10.9. The lowest BCUT2D eigenvalue weighted by Gasteiger charge is -2.10. The van der Waals surface area contributed by atoms with Gasteiger partial charge in [-0.1, -0.05) is 28.9 Å². The van der Waals surface area contributed by atoms with Crippen molar-refractivity contribution in [3.05, 3.63) is 69.7 Å². The van der Waals surface area contributed by atoms with Gasteiger partial charge in [0.25, 0.3) is 5.56 Å². The van der Waals surface area contributed by atoms with Crippen LogP contribution in [-0.4, -0.2) is 28.0 Å². The van der Waals surface area contributed by atoms with Crippen LogP contribution >= 0.6 is 11.6 Å². The highest BCUT2D eigenvalue weighted by molar-refractivity contribution is 6.30. The lowest BCUT2D eigenvalue weighted by atomic mass is 10.1. The molecule has 0 bridgehead atoms. The summed E-state index contributed by atoms with van der Waals surface area (Å²) in [5.41, 5.74) is 1.34. The van der Waals surface area contributed by atoms with Gasteiger partial charge in [-0.25, -0.2) is 4.68 Å². The summed E-state index contributed by atoms with van der Waals surface area (Å²) in [6.07, 6.45) is 0. The van der Waals surface area contributed by atoms with Crippen LogP contribution in [0.3, 0.4) is 0 Å². The molecule has 0 saturated heterocycles. The van der Waals surface area contributed by atoms with Gasteiger partial charge in [0.1, 0.15) is 23.7 Å². The number of amides is 1. The summed E-state index contributed by atoms with van der Waals surface area (Å²) in [6.45, 7) is 1.41. The maximum absolute atomic E-state index is 12.8. The number of hydrogen-bond donors (Lipinski definition) is 1. The zero-order chi connectivity index (χ0) is 21.3. The van der Waals surface area contributed by atoms with Crippen molar-refractivity contribution in [2.45, 2.75) is 13.5 Å². The summed E-state index contributed by atoms with van der Waals surface area (Å²) in [4.78, 5) is 25.3. The summed E-state index contributed by atoms with van der Waals surface area (Å²) >= 11 is 5.86. The summed E-state index contributed by atoms with van der Waals surface area (Å²) in [5, 5.41) is 12.1. The fraction of sp³-hybridized carbons (Fsp3) is 0.143. The van der Waals surface area contributed by atoms with Crippen molar-refractivity contribution < 1.29 is 14.1 Å². The van der Waals surface area contributed by atoms with E-state index >= 15 is 0 Å². The van der Waals surface area contributed by atoms with Crippen molar-refractivity contribution in [3.63, 3.8) is 0 Å². The first kappa shape index (κ1) is 19.7. The third kappa shape index (κ3) is 3.77. The van der Waals surface area contributed by atoms with Gasteiger partial charge in [-0.2, -0.15) is 5.10 Å². The number of ether oxygens (including phenoxy) is 1. The van der Waals surface area contributed by atoms with Crippen molar-refractivity contribution in [3.8, 4) is 17.0 Å². The first-order valence-corrected chi connectivity index (χ1v) is 9.41. The van der Waals surface area contributed by atoms with E-state index in [4.69, 9.17) is 20.9 Å². The molecule has 0 atom stereocenters. The Balaban J connectivity index is 1.75. The van der Waals surface area contributed by atoms with Gasteiger partial charge in [0.15, 0.2) is 5.52 Å². The molecule has 8 nitrogen and oxygen atoms in total. The number of benzene rings is 2. The van der Waals surface area contributed by atoms with Gasteiger partial charge >= 0.3 is 0 Å². The third-order valence-electron chi connectivity index (χ3n) is 4.52. The maximum Gasteiger partial charge on any atom is 0.297 e.